The van der Waals surface area contributed by atoms with Gasteiger partial charge in [-0.15, -0.1) is 0 Å². The Hall–Kier alpha value is -0.310. The van der Waals surface area contributed by atoms with E-state index in [1.807, 2.05) is 39.3 Å². The SMILES string of the molecule is CN(C)C[C@@H]1CCCC[C@@]1(O)c1ccc(Cl)c(Cl)c1.CNC[C@@H]1CCCC[C@@]1(O)c1ccc(Cl)c(Cl)c1.CNCl. The molecule has 0 saturated heterocycles. The normalized spacial score (nSPS) is 26.4. The highest BCUT2D eigenvalue weighted by Crippen LogP contribution is 2.44. The Morgan fingerprint density at radius 2 is 1.18 bits per heavy atom. The molecule has 226 valence electrons. The van der Waals surface area contributed by atoms with Crippen LogP contribution in [0.2, 0.25) is 20.1 Å². The van der Waals surface area contributed by atoms with Gasteiger partial charge in [0.15, 0.2) is 0 Å². The molecule has 10 heteroatoms. The average Bonchev–Trinajstić information content (AvgIpc) is 2.91. The van der Waals surface area contributed by atoms with Crippen molar-refractivity contribution in [1.82, 2.24) is 15.1 Å². The number of nitrogens with zero attached hydrogens (tertiary/aromatic N) is 1. The van der Waals surface area contributed by atoms with Crippen LogP contribution >= 0.6 is 58.2 Å². The van der Waals surface area contributed by atoms with Gasteiger partial charge in [0.1, 0.15) is 0 Å². The van der Waals surface area contributed by atoms with Crippen molar-refractivity contribution in [1.29, 1.82) is 0 Å². The third kappa shape index (κ3) is 9.60. The van der Waals surface area contributed by atoms with Crippen LogP contribution in [0.15, 0.2) is 36.4 Å². The van der Waals surface area contributed by atoms with Gasteiger partial charge in [-0.1, -0.05) is 84.2 Å². The van der Waals surface area contributed by atoms with Crippen LogP contribution in [0.1, 0.15) is 62.5 Å². The zero-order valence-corrected chi connectivity index (χ0v) is 27.7. The Kier molecular flexibility index (Phi) is 15.3. The standard InChI is InChI=1S/C15H21Cl2NO.C14H19Cl2NO.CH4ClN/c1-18(2)10-12-5-3-4-8-15(12,19)11-6-7-13(16)14(17)9-11;1-17-9-11-4-2-3-7-14(11,18)10-5-6-12(15)13(16)8-10;1-3-2/h6-7,9,12,19H,3-5,8,10H2,1-2H3;5-6,8,11,17-18H,2-4,7,9H2,1H3;3H,1H3/t12-,15+;11-,14+;/m00./s1. The maximum absolute atomic E-state index is 11.1. The van der Waals surface area contributed by atoms with E-state index in [4.69, 9.17) is 58.2 Å². The third-order valence-electron chi connectivity index (χ3n) is 7.95. The summed E-state index contributed by atoms with van der Waals surface area (Å²) in [6.07, 6.45) is 8.14. The Morgan fingerprint density at radius 1 is 0.750 bits per heavy atom. The number of aliphatic hydroxyl groups is 2. The first kappa shape index (κ1) is 35.9. The molecule has 2 aromatic rings. The molecule has 0 amide bonds. The van der Waals surface area contributed by atoms with Gasteiger partial charge in [0.25, 0.3) is 0 Å². The van der Waals surface area contributed by atoms with Crippen molar-refractivity contribution < 1.29 is 10.2 Å². The van der Waals surface area contributed by atoms with Gasteiger partial charge in [-0.05, 0) is 101 Å². The summed E-state index contributed by atoms with van der Waals surface area (Å²) in [6, 6.07) is 11.0. The summed E-state index contributed by atoms with van der Waals surface area (Å²) >= 11 is 28.8. The molecule has 4 N–H and O–H groups in total. The quantitative estimate of drug-likeness (QED) is 0.239. The lowest BCUT2D eigenvalue weighted by atomic mass is 9.71. The van der Waals surface area contributed by atoms with E-state index in [-0.39, 0.29) is 11.8 Å². The molecule has 0 aromatic heterocycles. The lowest BCUT2D eigenvalue weighted by Gasteiger charge is -2.41. The van der Waals surface area contributed by atoms with Gasteiger partial charge in [-0.3, -0.25) is 0 Å². The Morgan fingerprint density at radius 3 is 1.57 bits per heavy atom. The second-order valence-electron chi connectivity index (χ2n) is 11.0. The molecule has 0 unspecified atom stereocenters. The van der Waals surface area contributed by atoms with E-state index in [0.717, 1.165) is 62.7 Å². The minimum atomic E-state index is -0.782. The van der Waals surface area contributed by atoms with Crippen molar-refractivity contribution in [2.75, 3.05) is 41.3 Å². The second kappa shape index (κ2) is 17.1. The lowest BCUT2D eigenvalue weighted by molar-refractivity contribution is -0.0618. The molecule has 4 atom stereocenters. The molecule has 2 fully saturated rings. The fourth-order valence-electron chi connectivity index (χ4n) is 5.95. The summed E-state index contributed by atoms with van der Waals surface area (Å²) < 4.78 is 0. The first-order valence-corrected chi connectivity index (χ1v) is 15.7. The van der Waals surface area contributed by atoms with E-state index in [2.05, 4.69) is 15.1 Å². The minimum Gasteiger partial charge on any atom is -0.385 e. The highest BCUT2D eigenvalue weighted by molar-refractivity contribution is 6.42. The van der Waals surface area contributed by atoms with E-state index >= 15 is 0 Å². The fourth-order valence-corrected chi connectivity index (χ4v) is 6.54. The smallest absolute Gasteiger partial charge is 0.0937 e. The number of benzene rings is 2. The molecular weight excluding hydrogens is 612 g/mol. The van der Waals surface area contributed by atoms with Crippen LogP contribution < -0.4 is 10.2 Å². The molecule has 0 radical (unpaired) electrons. The Labute approximate surface area is 265 Å². The molecule has 0 bridgehead atoms. The summed E-state index contributed by atoms with van der Waals surface area (Å²) in [6.45, 7) is 1.70. The maximum Gasteiger partial charge on any atom is 0.0937 e. The van der Waals surface area contributed by atoms with Crippen molar-refractivity contribution in [3.63, 3.8) is 0 Å². The van der Waals surface area contributed by atoms with Crippen LogP contribution in [0.25, 0.3) is 0 Å². The number of halogens is 5. The van der Waals surface area contributed by atoms with E-state index in [9.17, 15) is 10.2 Å². The van der Waals surface area contributed by atoms with Gasteiger partial charge >= 0.3 is 0 Å². The first-order valence-electron chi connectivity index (χ1n) is 13.8. The van der Waals surface area contributed by atoms with Crippen molar-refractivity contribution >= 4 is 58.2 Å². The highest BCUT2D eigenvalue weighted by atomic mass is 35.5. The summed E-state index contributed by atoms with van der Waals surface area (Å²) in [7, 11) is 7.65. The van der Waals surface area contributed by atoms with Crippen molar-refractivity contribution in [2.45, 2.75) is 62.6 Å². The van der Waals surface area contributed by atoms with Crippen LogP contribution in [-0.2, 0) is 11.2 Å². The average molecular weight is 656 g/mol. The van der Waals surface area contributed by atoms with Gasteiger partial charge in [0.05, 0.1) is 31.3 Å². The van der Waals surface area contributed by atoms with Gasteiger partial charge in [0, 0.05) is 24.9 Å². The molecule has 2 aliphatic rings. The van der Waals surface area contributed by atoms with E-state index < -0.39 is 11.2 Å². The molecule has 0 aliphatic heterocycles. The third-order valence-corrected chi connectivity index (χ3v) is 9.42. The highest BCUT2D eigenvalue weighted by Gasteiger charge is 2.41. The van der Waals surface area contributed by atoms with E-state index in [0.29, 0.717) is 20.1 Å². The topological polar surface area (TPSA) is 67.8 Å². The largest absolute Gasteiger partial charge is 0.385 e. The summed E-state index contributed by atoms with van der Waals surface area (Å²) in [4.78, 5) is 4.36. The van der Waals surface area contributed by atoms with Gasteiger partial charge in [-0.2, -0.15) is 0 Å². The summed E-state index contributed by atoms with van der Waals surface area (Å²) in [5, 5.41) is 27.4. The number of rotatable bonds is 6. The van der Waals surface area contributed by atoms with Crippen molar-refractivity contribution in [2.24, 2.45) is 11.8 Å². The monoisotopic (exact) mass is 653 g/mol. The Balaban J connectivity index is 0.000000256. The minimum absolute atomic E-state index is 0.230. The molecule has 2 aromatic carbocycles. The molecule has 40 heavy (non-hydrogen) atoms. The fraction of sp³-hybridized carbons (Fsp3) is 0.600. The number of hydrogen-bond donors (Lipinski definition) is 4. The predicted octanol–water partition coefficient (Wildman–Crippen LogP) is 7.88. The van der Waals surface area contributed by atoms with Crippen LogP contribution in [0.4, 0.5) is 0 Å². The number of nitrogens with one attached hydrogen (secondary N) is 2. The van der Waals surface area contributed by atoms with Crippen LogP contribution in [0, 0.1) is 11.8 Å². The Bertz CT molecular complexity index is 1060. The zero-order valence-electron chi connectivity index (χ0n) is 23.9. The predicted molar refractivity (Wildman–Crippen MR) is 172 cm³/mol. The molecule has 0 spiro atoms. The van der Waals surface area contributed by atoms with E-state index in [1.54, 1.807) is 25.2 Å². The molecule has 5 nitrogen and oxygen atoms in total. The zero-order chi connectivity index (χ0) is 29.9. The number of hydrogen-bond acceptors (Lipinski definition) is 5. The van der Waals surface area contributed by atoms with Gasteiger partial charge in [-0.25, -0.2) is 4.84 Å². The van der Waals surface area contributed by atoms with Crippen molar-refractivity contribution in [3.8, 4) is 0 Å². The first-order chi connectivity index (χ1) is 18.9. The van der Waals surface area contributed by atoms with Crippen LogP contribution in [-0.4, -0.2) is 56.4 Å². The summed E-state index contributed by atoms with van der Waals surface area (Å²) in [5.74, 6) is 0.474. The van der Waals surface area contributed by atoms with Crippen LogP contribution in [0.3, 0.4) is 0 Å². The van der Waals surface area contributed by atoms with Gasteiger partial charge in [0.2, 0.25) is 0 Å². The lowest BCUT2D eigenvalue weighted by Crippen LogP contribution is -2.43. The maximum atomic E-state index is 11.1. The van der Waals surface area contributed by atoms with Gasteiger partial charge < -0.3 is 20.4 Å². The molecule has 2 saturated carbocycles. The molecule has 2 aliphatic carbocycles. The van der Waals surface area contributed by atoms with E-state index in [1.165, 1.54) is 12.8 Å². The molecule has 0 heterocycles. The second-order valence-corrected chi connectivity index (χ2v) is 13.0. The molecule has 4 rings (SSSR count). The van der Waals surface area contributed by atoms with Crippen LogP contribution in [0.5, 0.6) is 0 Å². The van der Waals surface area contributed by atoms with Crippen molar-refractivity contribution in [3.05, 3.63) is 67.6 Å². The molecular formula is C30H44Cl5N3O2. The summed E-state index contributed by atoms with van der Waals surface area (Å²) in [5.41, 5.74) is 0.219.